The van der Waals surface area contributed by atoms with E-state index in [1.54, 1.807) is 14.2 Å². The third-order valence-corrected chi connectivity index (χ3v) is 5.64. The number of rotatable bonds is 6. The Hall–Kier alpha value is -3.34. The van der Waals surface area contributed by atoms with E-state index in [2.05, 4.69) is 6.07 Å². The molecule has 0 radical (unpaired) electrons. The minimum atomic E-state index is -1.44. The maximum atomic E-state index is 12.1. The number of aliphatic hydroxyl groups is 1. The lowest BCUT2D eigenvalue weighted by Gasteiger charge is -2.35. The second-order valence-corrected chi connectivity index (χ2v) is 7.31. The van der Waals surface area contributed by atoms with Gasteiger partial charge in [0.1, 0.15) is 17.1 Å². The molecule has 1 unspecified atom stereocenters. The molecule has 4 aromatic carbocycles. The maximum Gasteiger partial charge on any atom is 0.134 e. The summed E-state index contributed by atoms with van der Waals surface area (Å²) in [5.41, 5.74) is 7.54. The van der Waals surface area contributed by atoms with E-state index in [1.165, 1.54) is 0 Å². The zero-order valence-electron chi connectivity index (χ0n) is 17.1. The molecule has 0 fully saturated rings. The first-order valence-electron chi connectivity index (χ1n) is 9.82. The van der Waals surface area contributed by atoms with Crippen LogP contribution < -0.4 is 15.2 Å². The van der Waals surface area contributed by atoms with E-state index in [9.17, 15) is 5.11 Å². The van der Waals surface area contributed by atoms with Crippen molar-refractivity contribution in [2.24, 2.45) is 5.73 Å². The number of methoxy groups -OCH3 is 2. The van der Waals surface area contributed by atoms with Crippen molar-refractivity contribution in [1.82, 2.24) is 0 Å². The van der Waals surface area contributed by atoms with Gasteiger partial charge in [-0.25, -0.2) is 0 Å². The minimum absolute atomic E-state index is 0.689. The van der Waals surface area contributed by atoms with Gasteiger partial charge in [0, 0.05) is 0 Å². The summed E-state index contributed by atoms with van der Waals surface area (Å²) in [5, 5.41) is 14.3. The molecule has 0 bridgehead atoms. The molecule has 4 aromatic rings. The van der Waals surface area contributed by atoms with Gasteiger partial charge in [-0.1, -0.05) is 60.7 Å². The fourth-order valence-electron chi connectivity index (χ4n) is 3.86. The van der Waals surface area contributed by atoms with Crippen molar-refractivity contribution < 1.29 is 14.6 Å². The van der Waals surface area contributed by atoms with Crippen LogP contribution in [0.4, 0.5) is 0 Å². The van der Waals surface area contributed by atoms with Crippen molar-refractivity contribution in [3.8, 4) is 11.5 Å². The van der Waals surface area contributed by atoms with Crippen LogP contribution in [0, 0.1) is 0 Å². The minimum Gasteiger partial charge on any atom is -0.497 e. The molecule has 0 amide bonds. The molecule has 0 spiro atoms. The molecule has 0 aliphatic carbocycles. The highest BCUT2D eigenvalue weighted by molar-refractivity contribution is 5.83. The summed E-state index contributed by atoms with van der Waals surface area (Å²) in [6.45, 7) is 0. The lowest BCUT2D eigenvalue weighted by molar-refractivity contribution is 0.0512. The standard InChI is InChI=1S/C26H25NO3/c1-29-23-13-9-21(10-14-23)26(28,22-11-15-24(30-2)16-12-22)25(27)20-8-7-18-5-3-4-6-19(18)17-20/h3-17,25,28H,27H2,1-2H3. The second-order valence-electron chi connectivity index (χ2n) is 7.31. The molecule has 3 N–H and O–H groups in total. The molecule has 0 aromatic heterocycles. The van der Waals surface area contributed by atoms with Crippen molar-refractivity contribution in [3.05, 3.63) is 108 Å². The smallest absolute Gasteiger partial charge is 0.134 e. The van der Waals surface area contributed by atoms with E-state index >= 15 is 0 Å². The molecule has 0 aliphatic heterocycles. The fraction of sp³-hybridized carbons (Fsp3) is 0.154. The molecule has 0 aliphatic rings. The molecule has 152 valence electrons. The third kappa shape index (κ3) is 3.52. The van der Waals surface area contributed by atoms with Crippen molar-refractivity contribution in [3.63, 3.8) is 0 Å². The van der Waals surface area contributed by atoms with Crippen molar-refractivity contribution in [2.45, 2.75) is 11.6 Å². The van der Waals surface area contributed by atoms with E-state index in [1.807, 2.05) is 84.9 Å². The Morgan fingerprint density at radius 2 is 1.20 bits per heavy atom. The van der Waals surface area contributed by atoms with Crippen LogP contribution in [0.15, 0.2) is 91.0 Å². The highest BCUT2D eigenvalue weighted by atomic mass is 16.5. The SMILES string of the molecule is COc1ccc(C(O)(c2ccc(OC)cc2)C(N)c2ccc3ccccc3c2)cc1. The fourth-order valence-corrected chi connectivity index (χ4v) is 3.86. The lowest BCUT2D eigenvalue weighted by atomic mass is 9.77. The van der Waals surface area contributed by atoms with Crippen LogP contribution in [0.25, 0.3) is 10.8 Å². The van der Waals surface area contributed by atoms with Crippen LogP contribution in [0.1, 0.15) is 22.7 Å². The van der Waals surface area contributed by atoms with Crippen molar-refractivity contribution in [2.75, 3.05) is 14.2 Å². The van der Waals surface area contributed by atoms with Gasteiger partial charge < -0.3 is 20.3 Å². The Labute approximate surface area is 176 Å². The summed E-state index contributed by atoms with van der Waals surface area (Å²) in [4.78, 5) is 0. The highest BCUT2D eigenvalue weighted by Crippen LogP contribution is 2.41. The van der Waals surface area contributed by atoms with Crippen LogP contribution in [0.5, 0.6) is 11.5 Å². The molecule has 0 saturated heterocycles. The van der Waals surface area contributed by atoms with Gasteiger partial charge in [0.2, 0.25) is 0 Å². The van der Waals surface area contributed by atoms with Crippen LogP contribution in [0.3, 0.4) is 0 Å². The second kappa shape index (κ2) is 8.19. The topological polar surface area (TPSA) is 64.7 Å². The van der Waals surface area contributed by atoms with Gasteiger partial charge in [-0.15, -0.1) is 0 Å². The van der Waals surface area contributed by atoms with Gasteiger partial charge >= 0.3 is 0 Å². The van der Waals surface area contributed by atoms with E-state index in [4.69, 9.17) is 15.2 Å². The Bertz CT molecular complexity index is 1090. The van der Waals surface area contributed by atoms with Crippen LogP contribution in [-0.2, 0) is 5.60 Å². The van der Waals surface area contributed by atoms with E-state index < -0.39 is 11.6 Å². The maximum absolute atomic E-state index is 12.1. The van der Waals surface area contributed by atoms with E-state index in [0.29, 0.717) is 11.1 Å². The monoisotopic (exact) mass is 399 g/mol. The predicted molar refractivity (Wildman–Crippen MR) is 120 cm³/mol. The average molecular weight is 399 g/mol. The summed E-state index contributed by atoms with van der Waals surface area (Å²) in [6, 6.07) is 28.2. The Balaban J connectivity index is 1.85. The number of hydrogen-bond acceptors (Lipinski definition) is 4. The highest BCUT2D eigenvalue weighted by Gasteiger charge is 2.39. The molecule has 4 rings (SSSR count). The summed E-state index contributed by atoms with van der Waals surface area (Å²) in [5.74, 6) is 1.44. The number of hydrogen-bond donors (Lipinski definition) is 2. The van der Waals surface area contributed by atoms with Gasteiger partial charge in [0.25, 0.3) is 0 Å². The molecule has 4 nitrogen and oxygen atoms in total. The number of ether oxygens (including phenoxy) is 2. The van der Waals surface area contributed by atoms with Gasteiger partial charge in [-0.05, 0) is 57.8 Å². The zero-order valence-corrected chi connectivity index (χ0v) is 17.1. The summed E-state index contributed by atoms with van der Waals surface area (Å²) < 4.78 is 10.6. The van der Waals surface area contributed by atoms with E-state index in [0.717, 1.165) is 27.8 Å². The Kier molecular flexibility index (Phi) is 5.44. The van der Waals surface area contributed by atoms with Crippen LogP contribution in [0.2, 0.25) is 0 Å². The normalized spacial score (nSPS) is 12.5. The van der Waals surface area contributed by atoms with E-state index in [-0.39, 0.29) is 0 Å². The van der Waals surface area contributed by atoms with Gasteiger partial charge in [0.05, 0.1) is 20.3 Å². The quantitative estimate of drug-likeness (QED) is 0.489. The third-order valence-electron chi connectivity index (χ3n) is 5.64. The van der Waals surface area contributed by atoms with Gasteiger partial charge in [-0.2, -0.15) is 0 Å². The zero-order chi connectivity index (χ0) is 21.1. The van der Waals surface area contributed by atoms with Crippen molar-refractivity contribution in [1.29, 1.82) is 0 Å². The molecule has 0 saturated carbocycles. The molecule has 0 heterocycles. The van der Waals surface area contributed by atoms with Crippen molar-refractivity contribution >= 4 is 10.8 Å². The predicted octanol–water partition coefficient (Wildman–Crippen LogP) is 4.79. The van der Waals surface area contributed by atoms with Crippen LogP contribution >= 0.6 is 0 Å². The molecular weight excluding hydrogens is 374 g/mol. The number of nitrogens with two attached hydrogens (primary N) is 1. The molecule has 4 heteroatoms. The molecule has 30 heavy (non-hydrogen) atoms. The number of benzene rings is 4. The largest absolute Gasteiger partial charge is 0.497 e. The van der Waals surface area contributed by atoms with Crippen LogP contribution in [-0.4, -0.2) is 19.3 Å². The Morgan fingerprint density at radius 1 is 0.700 bits per heavy atom. The first kappa shape index (κ1) is 20.0. The summed E-state index contributed by atoms with van der Waals surface area (Å²) in [6.07, 6.45) is 0. The first-order valence-corrected chi connectivity index (χ1v) is 9.82. The Morgan fingerprint density at radius 3 is 1.70 bits per heavy atom. The lowest BCUT2D eigenvalue weighted by Crippen LogP contribution is -2.39. The summed E-state index contributed by atoms with van der Waals surface area (Å²) >= 11 is 0. The molecular formula is C26H25NO3. The van der Waals surface area contributed by atoms with Gasteiger partial charge in [-0.3, -0.25) is 0 Å². The molecule has 1 atom stereocenters. The average Bonchev–Trinajstić information content (AvgIpc) is 2.83. The summed E-state index contributed by atoms with van der Waals surface area (Å²) in [7, 11) is 3.23. The number of fused-ring (bicyclic) bond motifs is 1. The first-order chi connectivity index (χ1) is 14.6. The van der Waals surface area contributed by atoms with Gasteiger partial charge in [0.15, 0.2) is 0 Å².